The third-order valence-corrected chi connectivity index (χ3v) is 2.28. The first-order valence-corrected chi connectivity index (χ1v) is 5.24. The molecule has 0 bridgehead atoms. The molecule has 0 saturated carbocycles. The van der Waals surface area contributed by atoms with Crippen molar-refractivity contribution in [3.8, 4) is 0 Å². The zero-order chi connectivity index (χ0) is 11.9. The van der Waals surface area contributed by atoms with Crippen LogP contribution in [0.5, 0.6) is 0 Å². The largest absolute Gasteiger partial charge is 0.480 e. The molecule has 0 fully saturated rings. The molecular weight excluding hydrogens is 216 g/mol. The molecule has 0 rings (SSSR count). The van der Waals surface area contributed by atoms with Gasteiger partial charge in [0.05, 0.1) is 0 Å². The second-order valence-electron chi connectivity index (χ2n) is 3.35. The van der Waals surface area contributed by atoms with Gasteiger partial charge in [-0.25, -0.2) is 0 Å². The van der Waals surface area contributed by atoms with Crippen LogP contribution in [0.3, 0.4) is 0 Å². The van der Waals surface area contributed by atoms with E-state index in [-0.39, 0.29) is 5.96 Å². The number of thiol groups is 1. The van der Waals surface area contributed by atoms with Crippen molar-refractivity contribution >= 4 is 24.6 Å². The highest BCUT2D eigenvalue weighted by molar-refractivity contribution is 7.80. The Balaban J connectivity index is 4.08. The van der Waals surface area contributed by atoms with E-state index in [0.717, 1.165) is 0 Å². The quantitative estimate of drug-likeness (QED) is 0.169. The minimum Gasteiger partial charge on any atom is -0.480 e. The van der Waals surface area contributed by atoms with E-state index in [2.05, 4.69) is 17.6 Å². The third-order valence-electron chi connectivity index (χ3n) is 2.06. The number of carboxylic acids is 1. The van der Waals surface area contributed by atoms with Crippen molar-refractivity contribution in [2.75, 3.05) is 12.3 Å². The number of guanidine groups is 1. The standard InChI is InChI=1S/C8H18N4O2S/c9-7(10)12-4-1-2-8(11,3-5-15)6(13)14/h15H,1-5,11H2,(H,13,14)(H4,9,10,12)/t8-/m1/s1. The van der Waals surface area contributed by atoms with Crippen LogP contribution in [0.1, 0.15) is 19.3 Å². The Morgan fingerprint density at radius 2 is 2.00 bits per heavy atom. The number of aliphatic imine (C=N–C) groups is 1. The van der Waals surface area contributed by atoms with Crippen LogP contribution >= 0.6 is 12.6 Å². The maximum absolute atomic E-state index is 10.9. The molecule has 7 N–H and O–H groups in total. The van der Waals surface area contributed by atoms with Crippen molar-refractivity contribution in [1.29, 1.82) is 0 Å². The molecule has 6 nitrogen and oxygen atoms in total. The van der Waals surface area contributed by atoms with Gasteiger partial charge < -0.3 is 22.3 Å². The fourth-order valence-corrected chi connectivity index (χ4v) is 1.54. The van der Waals surface area contributed by atoms with Crippen LogP contribution in [0.15, 0.2) is 4.99 Å². The molecule has 1 atom stereocenters. The fourth-order valence-electron chi connectivity index (χ4n) is 1.14. The zero-order valence-electron chi connectivity index (χ0n) is 8.52. The first kappa shape index (κ1) is 14.1. The Morgan fingerprint density at radius 3 is 2.40 bits per heavy atom. The van der Waals surface area contributed by atoms with E-state index < -0.39 is 11.5 Å². The van der Waals surface area contributed by atoms with E-state index in [4.69, 9.17) is 22.3 Å². The molecule has 0 saturated heterocycles. The summed E-state index contributed by atoms with van der Waals surface area (Å²) in [5.74, 6) is -0.575. The number of carbonyl (C=O) groups is 1. The number of nitrogens with two attached hydrogens (primary N) is 3. The summed E-state index contributed by atoms with van der Waals surface area (Å²) in [7, 11) is 0. The van der Waals surface area contributed by atoms with E-state index in [1.54, 1.807) is 0 Å². The van der Waals surface area contributed by atoms with Crippen molar-refractivity contribution in [3.05, 3.63) is 0 Å². The topological polar surface area (TPSA) is 128 Å². The molecule has 0 aromatic heterocycles. The number of nitrogens with zero attached hydrogens (tertiary/aromatic N) is 1. The van der Waals surface area contributed by atoms with Crippen molar-refractivity contribution in [3.63, 3.8) is 0 Å². The Bertz CT molecular complexity index is 243. The first-order valence-electron chi connectivity index (χ1n) is 4.61. The van der Waals surface area contributed by atoms with Crippen molar-refractivity contribution in [2.24, 2.45) is 22.2 Å². The number of aliphatic carboxylic acids is 1. The number of hydrogen-bond donors (Lipinski definition) is 5. The van der Waals surface area contributed by atoms with Crippen LogP contribution in [-0.4, -0.2) is 34.9 Å². The van der Waals surface area contributed by atoms with E-state index in [0.29, 0.717) is 31.6 Å². The van der Waals surface area contributed by atoms with E-state index in [1.807, 2.05) is 0 Å². The predicted octanol–water partition coefficient (Wildman–Crippen LogP) is -0.858. The van der Waals surface area contributed by atoms with Gasteiger partial charge in [-0.2, -0.15) is 12.6 Å². The molecular formula is C8H18N4O2S. The van der Waals surface area contributed by atoms with Gasteiger partial charge in [-0.3, -0.25) is 9.79 Å². The van der Waals surface area contributed by atoms with Gasteiger partial charge in [0, 0.05) is 6.54 Å². The van der Waals surface area contributed by atoms with Gasteiger partial charge in [0.1, 0.15) is 5.54 Å². The molecule has 88 valence electrons. The average Bonchev–Trinajstić information content (AvgIpc) is 2.12. The summed E-state index contributed by atoms with van der Waals surface area (Å²) in [5, 5.41) is 8.93. The van der Waals surface area contributed by atoms with Crippen molar-refractivity contribution in [2.45, 2.75) is 24.8 Å². The van der Waals surface area contributed by atoms with Gasteiger partial charge in [0.25, 0.3) is 0 Å². The van der Waals surface area contributed by atoms with Gasteiger partial charge in [-0.15, -0.1) is 0 Å². The molecule has 0 aliphatic rings. The minimum absolute atomic E-state index is 0.00198. The molecule has 0 spiro atoms. The lowest BCUT2D eigenvalue weighted by Gasteiger charge is -2.23. The molecule has 0 aromatic carbocycles. The normalized spacial score (nSPS) is 14.3. The first-order chi connectivity index (χ1) is 6.92. The van der Waals surface area contributed by atoms with E-state index in [1.165, 1.54) is 0 Å². The lowest BCUT2D eigenvalue weighted by atomic mass is 9.92. The van der Waals surface area contributed by atoms with Gasteiger partial charge in [-0.1, -0.05) is 0 Å². The number of hydrogen-bond acceptors (Lipinski definition) is 4. The summed E-state index contributed by atoms with van der Waals surface area (Å²) in [4.78, 5) is 14.6. The maximum Gasteiger partial charge on any atom is 0.323 e. The minimum atomic E-state index is -1.22. The van der Waals surface area contributed by atoms with Crippen molar-refractivity contribution in [1.82, 2.24) is 0 Å². The summed E-state index contributed by atoms with van der Waals surface area (Å²) in [6.45, 7) is 0.390. The van der Waals surface area contributed by atoms with E-state index in [9.17, 15) is 4.79 Å². The Labute approximate surface area is 94.3 Å². The molecule has 0 aliphatic heterocycles. The number of carboxylic acid groups (broad SMARTS) is 1. The van der Waals surface area contributed by atoms with Gasteiger partial charge in [-0.05, 0) is 25.0 Å². The maximum atomic E-state index is 10.9. The molecule has 0 radical (unpaired) electrons. The molecule has 7 heteroatoms. The van der Waals surface area contributed by atoms with Gasteiger partial charge in [0.2, 0.25) is 0 Å². The zero-order valence-corrected chi connectivity index (χ0v) is 9.41. The summed E-state index contributed by atoms with van der Waals surface area (Å²) in [6.07, 6.45) is 1.20. The Morgan fingerprint density at radius 1 is 1.40 bits per heavy atom. The highest BCUT2D eigenvalue weighted by Gasteiger charge is 2.32. The monoisotopic (exact) mass is 234 g/mol. The molecule has 0 aliphatic carbocycles. The highest BCUT2D eigenvalue weighted by atomic mass is 32.1. The highest BCUT2D eigenvalue weighted by Crippen LogP contribution is 2.15. The summed E-state index contributed by atoms with van der Waals surface area (Å²) in [6, 6.07) is 0. The van der Waals surface area contributed by atoms with Crippen LogP contribution in [-0.2, 0) is 4.79 Å². The second-order valence-corrected chi connectivity index (χ2v) is 3.79. The number of rotatable bonds is 7. The molecule has 0 unspecified atom stereocenters. The van der Waals surface area contributed by atoms with Gasteiger partial charge in [0.15, 0.2) is 5.96 Å². The second kappa shape index (κ2) is 6.52. The summed E-state index contributed by atoms with van der Waals surface area (Å²) < 4.78 is 0. The summed E-state index contributed by atoms with van der Waals surface area (Å²) >= 11 is 3.98. The van der Waals surface area contributed by atoms with Crippen LogP contribution in [0.2, 0.25) is 0 Å². The average molecular weight is 234 g/mol. The fraction of sp³-hybridized carbons (Fsp3) is 0.750. The predicted molar refractivity (Wildman–Crippen MR) is 62.9 cm³/mol. The third kappa shape index (κ3) is 5.48. The molecule has 0 heterocycles. The lowest BCUT2D eigenvalue weighted by Crippen LogP contribution is -2.48. The Hall–Kier alpha value is -0.950. The molecule has 15 heavy (non-hydrogen) atoms. The van der Waals surface area contributed by atoms with Crippen LogP contribution in [0.4, 0.5) is 0 Å². The SMILES string of the molecule is NC(N)=NCCC[C@@](N)(CCS)C(=O)O. The summed E-state index contributed by atoms with van der Waals surface area (Å²) in [5.41, 5.74) is 14.7. The molecule has 0 aromatic rings. The Kier molecular flexibility index (Phi) is 6.11. The van der Waals surface area contributed by atoms with Gasteiger partial charge >= 0.3 is 5.97 Å². The smallest absolute Gasteiger partial charge is 0.323 e. The van der Waals surface area contributed by atoms with E-state index >= 15 is 0 Å². The molecule has 0 amide bonds. The van der Waals surface area contributed by atoms with Crippen LogP contribution in [0, 0.1) is 0 Å². The lowest BCUT2D eigenvalue weighted by molar-refractivity contribution is -0.143. The van der Waals surface area contributed by atoms with Crippen molar-refractivity contribution < 1.29 is 9.90 Å². The van der Waals surface area contributed by atoms with Crippen LogP contribution in [0.25, 0.3) is 0 Å². The van der Waals surface area contributed by atoms with Crippen LogP contribution < -0.4 is 17.2 Å².